The second-order valence-corrected chi connectivity index (χ2v) is 7.27. The highest BCUT2D eigenvalue weighted by Crippen LogP contribution is 2.35. The lowest BCUT2D eigenvalue weighted by molar-refractivity contribution is -0.121. The van der Waals surface area contributed by atoms with Crippen LogP contribution in [0.25, 0.3) is 0 Å². The molecule has 1 saturated carbocycles. The monoisotopic (exact) mass is 372 g/mol. The Morgan fingerprint density at radius 3 is 2.57 bits per heavy atom. The number of benzene rings is 2. The van der Waals surface area contributed by atoms with Crippen molar-refractivity contribution in [3.8, 4) is 0 Å². The first-order valence-electron chi connectivity index (χ1n) is 9.30. The number of hydrogen-bond donors (Lipinski definition) is 1. The van der Waals surface area contributed by atoms with Crippen molar-refractivity contribution in [1.82, 2.24) is 0 Å². The number of ketones is 1. The van der Waals surface area contributed by atoms with E-state index in [4.69, 9.17) is 0 Å². The van der Waals surface area contributed by atoms with Gasteiger partial charge in [-0.15, -0.1) is 0 Å². The zero-order chi connectivity index (χ0) is 19.7. The Labute approximate surface area is 163 Å². The number of fused-ring (bicyclic) bond motifs is 1. The summed E-state index contributed by atoms with van der Waals surface area (Å²) in [4.78, 5) is 41.9. The standard InChI is InChI=1S/C23H20N2O3/c1-14-6-5-9-17(10-14)24-22(27)19-13-18-20(25-23(19)28)11-16(12-21(18)26)15-7-3-2-4-8-15/h2-10,13,16,18H,11-12H2,1H3,(H,24,27). The molecule has 2 aromatic carbocycles. The Morgan fingerprint density at radius 2 is 1.82 bits per heavy atom. The fourth-order valence-corrected chi connectivity index (χ4v) is 3.80. The van der Waals surface area contributed by atoms with Gasteiger partial charge in [-0.1, -0.05) is 42.5 Å². The van der Waals surface area contributed by atoms with Crippen molar-refractivity contribution >= 4 is 29.0 Å². The van der Waals surface area contributed by atoms with E-state index in [0.29, 0.717) is 24.2 Å². The van der Waals surface area contributed by atoms with Gasteiger partial charge in [0.25, 0.3) is 11.8 Å². The minimum absolute atomic E-state index is 0.00721. The quantitative estimate of drug-likeness (QED) is 0.837. The smallest absolute Gasteiger partial charge is 0.282 e. The molecule has 1 aliphatic heterocycles. The van der Waals surface area contributed by atoms with Crippen LogP contribution in [0.1, 0.15) is 29.9 Å². The van der Waals surface area contributed by atoms with Gasteiger partial charge in [-0.2, -0.15) is 0 Å². The molecule has 1 fully saturated rings. The number of anilines is 1. The van der Waals surface area contributed by atoms with E-state index in [1.165, 1.54) is 6.08 Å². The molecule has 2 aromatic rings. The fraction of sp³-hybridized carbons (Fsp3) is 0.217. The normalized spacial score (nSPS) is 21.5. The predicted molar refractivity (Wildman–Crippen MR) is 107 cm³/mol. The molecule has 0 radical (unpaired) electrons. The molecule has 2 unspecified atom stereocenters. The van der Waals surface area contributed by atoms with Crippen LogP contribution in [0.4, 0.5) is 5.69 Å². The average molecular weight is 372 g/mol. The van der Waals surface area contributed by atoms with Gasteiger partial charge < -0.3 is 5.32 Å². The van der Waals surface area contributed by atoms with Crippen LogP contribution in [0.5, 0.6) is 0 Å². The Bertz CT molecular complexity index is 1020. The number of dihydropyridines is 1. The van der Waals surface area contributed by atoms with Crippen LogP contribution in [0.15, 0.2) is 71.2 Å². The molecule has 0 saturated heterocycles. The summed E-state index contributed by atoms with van der Waals surface area (Å²) in [6, 6.07) is 17.1. The zero-order valence-corrected chi connectivity index (χ0v) is 15.5. The molecular weight excluding hydrogens is 352 g/mol. The summed E-state index contributed by atoms with van der Waals surface area (Å²) >= 11 is 0. The second-order valence-electron chi connectivity index (χ2n) is 7.27. The summed E-state index contributed by atoms with van der Waals surface area (Å²) in [6.45, 7) is 1.92. The van der Waals surface area contributed by atoms with Gasteiger partial charge >= 0.3 is 0 Å². The predicted octanol–water partition coefficient (Wildman–Crippen LogP) is 3.60. The lowest BCUT2D eigenvalue weighted by atomic mass is 9.75. The molecule has 0 bridgehead atoms. The fourth-order valence-electron chi connectivity index (χ4n) is 3.80. The summed E-state index contributed by atoms with van der Waals surface area (Å²) in [5, 5.41) is 2.72. The number of Topliss-reactive ketones (excluding diaryl/α,β-unsaturated/α-hetero) is 1. The number of hydrogen-bond acceptors (Lipinski definition) is 3. The molecule has 2 amide bonds. The van der Waals surface area contributed by atoms with Gasteiger partial charge in [0.05, 0.1) is 5.92 Å². The van der Waals surface area contributed by atoms with Crippen LogP contribution < -0.4 is 5.32 Å². The molecule has 5 heteroatoms. The molecule has 5 nitrogen and oxygen atoms in total. The number of nitrogens with one attached hydrogen (secondary N) is 1. The van der Waals surface area contributed by atoms with Crippen molar-refractivity contribution < 1.29 is 14.4 Å². The molecule has 1 heterocycles. The van der Waals surface area contributed by atoms with E-state index in [1.807, 2.05) is 55.5 Å². The number of carbonyl (C=O) groups is 3. The maximum atomic E-state index is 12.7. The van der Waals surface area contributed by atoms with E-state index >= 15 is 0 Å². The van der Waals surface area contributed by atoms with E-state index in [-0.39, 0.29) is 17.3 Å². The highest BCUT2D eigenvalue weighted by atomic mass is 16.2. The average Bonchev–Trinajstić information content (AvgIpc) is 2.68. The first kappa shape index (κ1) is 18.0. The molecule has 0 spiro atoms. The first-order chi connectivity index (χ1) is 13.5. The molecule has 1 N–H and O–H groups in total. The Kier molecular flexibility index (Phi) is 4.74. The summed E-state index contributed by atoms with van der Waals surface area (Å²) in [6.07, 6.45) is 2.42. The minimum atomic E-state index is -0.587. The third-order valence-corrected chi connectivity index (χ3v) is 5.21. The van der Waals surface area contributed by atoms with Crippen LogP contribution in [0.2, 0.25) is 0 Å². The number of aryl methyl sites for hydroxylation is 1. The maximum Gasteiger partial charge on any atom is 0.282 e. The third kappa shape index (κ3) is 3.56. The van der Waals surface area contributed by atoms with Gasteiger partial charge in [-0.05, 0) is 48.6 Å². The van der Waals surface area contributed by atoms with Crippen LogP contribution in [0, 0.1) is 12.8 Å². The van der Waals surface area contributed by atoms with Gasteiger partial charge in [-0.25, -0.2) is 4.99 Å². The molecule has 140 valence electrons. The van der Waals surface area contributed by atoms with Gasteiger partial charge in [0.15, 0.2) is 0 Å². The van der Waals surface area contributed by atoms with E-state index in [9.17, 15) is 14.4 Å². The van der Waals surface area contributed by atoms with Gasteiger partial charge in [0.1, 0.15) is 11.4 Å². The number of allylic oxidation sites excluding steroid dienone is 1. The molecule has 28 heavy (non-hydrogen) atoms. The highest BCUT2D eigenvalue weighted by Gasteiger charge is 2.38. The van der Waals surface area contributed by atoms with E-state index in [0.717, 1.165) is 11.1 Å². The lowest BCUT2D eigenvalue weighted by Crippen LogP contribution is -2.36. The van der Waals surface area contributed by atoms with Gasteiger partial charge in [0.2, 0.25) is 0 Å². The molecule has 2 atom stereocenters. The summed E-state index contributed by atoms with van der Waals surface area (Å²) in [7, 11) is 0. The Hall–Kier alpha value is -3.34. The number of amides is 2. The minimum Gasteiger partial charge on any atom is -0.322 e. The van der Waals surface area contributed by atoms with E-state index in [1.54, 1.807) is 6.07 Å². The second kappa shape index (κ2) is 7.35. The van der Waals surface area contributed by atoms with Crippen LogP contribution >= 0.6 is 0 Å². The molecule has 4 rings (SSSR count). The number of rotatable bonds is 3. The summed E-state index contributed by atoms with van der Waals surface area (Å²) in [5.41, 5.74) is 3.16. The molecule has 1 aliphatic carbocycles. The Balaban J connectivity index is 1.54. The van der Waals surface area contributed by atoms with Crippen LogP contribution in [0.3, 0.4) is 0 Å². The molecule has 0 aromatic heterocycles. The first-order valence-corrected chi connectivity index (χ1v) is 9.30. The van der Waals surface area contributed by atoms with Crippen molar-refractivity contribution in [2.75, 3.05) is 5.32 Å². The highest BCUT2D eigenvalue weighted by molar-refractivity contribution is 6.29. The van der Waals surface area contributed by atoms with Gasteiger partial charge in [0, 0.05) is 17.8 Å². The largest absolute Gasteiger partial charge is 0.322 e. The van der Waals surface area contributed by atoms with Crippen molar-refractivity contribution in [3.63, 3.8) is 0 Å². The molecule has 2 aliphatic rings. The maximum absolute atomic E-state index is 12.7. The van der Waals surface area contributed by atoms with Crippen molar-refractivity contribution in [1.29, 1.82) is 0 Å². The number of aliphatic imine (C=N–C) groups is 1. The van der Waals surface area contributed by atoms with Crippen molar-refractivity contribution in [2.24, 2.45) is 10.9 Å². The molecular formula is C23H20N2O3. The van der Waals surface area contributed by atoms with E-state index in [2.05, 4.69) is 10.3 Å². The third-order valence-electron chi connectivity index (χ3n) is 5.21. The summed E-state index contributed by atoms with van der Waals surface area (Å²) < 4.78 is 0. The van der Waals surface area contributed by atoms with Crippen LogP contribution in [-0.4, -0.2) is 23.3 Å². The zero-order valence-electron chi connectivity index (χ0n) is 15.5. The van der Waals surface area contributed by atoms with Crippen molar-refractivity contribution in [2.45, 2.75) is 25.7 Å². The number of nitrogens with zero attached hydrogens (tertiary/aromatic N) is 1. The van der Waals surface area contributed by atoms with Crippen LogP contribution in [-0.2, 0) is 14.4 Å². The topological polar surface area (TPSA) is 75.6 Å². The van der Waals surface area contributed by atoms with Gasteiger partial charge in [-0.3, -0.25) is 14.4 Å². The SMILES string of the molecule is Cc1cccc(NC(=O)C2=CC3C(=O)CC(c4ccccc4)CC3=NC2=O)c1. The summed E-state index contributed by atoms with van der Waals surface area (Å²) in [5.74, 6) is -1.69. The number of carbonyl (C=O) groups excluding carboxylic acids is 3. The Morgan fingerprint density at radius 1 is 1.04 bits per heavy atom. The van der Waals surface area contributed by atoms with Crippen molar-refractivity contribution in [3.05, 3.63) is 77.4 Å². The lowest BCUT2D eigenvalue weighted by Gasteiger charge is -2.30. The van der Waals surface area contributed by atoms with E-state index < -0.39 is 17.7 Å².